The third-order valence-corrected chi connectivity index (χ3v) is 3.80. The molecule has 2 aromatic heterocycles. The SMILES string of the molecule is Cc1cc(NC(=O)CN2CCN(c3nccc(N)n3)C[C@H](O)C2)no1. The molecule has 1 saturated heterocycles. The van der Waals surface area contributed by atoms with E-state index < -0.39 is 6.10 Å². The zero-order chi connectivity index (χ0) is 17.8. The quantitative estimate of drug-likeness (QED) is 0.667. The zero-order valence-corrected chi connectivity index (χ0v) is 13.9. The van der Waals surface area contributed by atoms with Crippen LogP contribution in [0.4, 0.5) is 17.6 Å². The van der Waals surface area contributed by atoms with Crippen molar-refractivity contribution in [2.45, 2.75) is 13.0 Å². The average molecular weight is 347 g/mol. The highest BCUT2D eigenvalue weighted by molar-refractivity contribution is 5.91. The molecule has 2 aromatic rings. The molecular weight excluding hydrogens is 326 g/mol. The van der Waals surface area contributed by atoms with Gasteiger partial charge >= 0.3 is 0 Å². The number of nitrogen functional groups attached to an aromatic ring is 1. The average Bonchev–Trinajstić information content (AvgIpc) is 2.85. The summed E-state index contributed by atoms with van der Waals surface area (Å²) in [5.74, 6) is 1.64. The molecule has 1 aliphatic rings. The Morgan fingerprint density at radius 1 is 1.48 bits per heavy atom. The Balaban J connectivity index is 1.58. The first-order chi connectivity index (χ1) is 12.0. The fourth-order valence-corrected chi connectivity index (χ4v) is 2.71. The molecule has 1 fully saturated rings. The van der Waals surface area contributed by atoms with Gasteiger partial charge < -0.3 is 25.6 Å². The van der Waals surface area contributed by atoms with Gasteiger partial charge in [0.15, 0.2) is 5.82 Å². The second-order valence-electron chi connectivity index (χ2n) is 5.99. The van der Waals surface area contributed by atoms with E-state index in [1.54, 1.807) is 25.3 Å². The molecule has 0 saturated carbocycles. The van der Waals surface area contributed by atoms with E-state index in [1.807, 2.05) is 9.80 Å². The van der Waals surface area contributed by atoms with E-state index in [-0.39, 0.29) is 12.5 Å². The van der Waals surface area contributed by atoms with Crippen molar-refractivity contribution < 1.29 is 14.4 Å². The fraction of sp³-hybridized carbons (Fsp3) is 0.467. The van der Waals surface area contributed by atoms with Crippen LogP contribution in [0.15, 0.2) is 22.9 Å². The smallest absolute Gasteiger partial charge is 0.239 e. The lowest BCUT2D eigenvalue weighted by atomic mass is 10.3. The Labute approximate surface area is 144 Å². The van der Waals surface area contributed by atoms with Crippen LogP contribution in [0.5, 0.6) is 0 Å². The number of aliphatic hydroxyl groups is 1. The van der Waals surface area contributed by atoms with Crippen molar-refractivity contribution in [2.75, 3.05) is 48.7 Å². The summed E-state index contributed by atoms with van der Waals surface area (Å²) >= 11 is 0. The molecule has 4 N–H and O–H groups in total. The van der Waals surface area contributed by atoms with Gasteiger partial charge in [-0.25, -0.2) is 4.98 Å². The number of rotatable bonds is 4. The molecule has 1 aliphatic heterocycles. The molecule has 0 unspecified atom stereocenters. The molecule has 134 valence electrons. The maximum atomic E-state index is 12.1. The number of amides is 1. The minimum atomic E-state index is -0.630. The molecule has 10 nitrogen and oxygen atoms in total. The maximum absolute atomic E-state index is 12.1. The molecule has 1 amide bonds. The topological polar surface area (TPSA) is 134 Å². The van der Waals surface area contributed by atoms with Gasteiger partial charge in [-0.15, -0.1) is 0 Å². The Morgan fingerprint density at radius 3 is 3.04 bits per heavy atom. The van der Waals surface area contributed by atoms with Gasteiger partial charge in [-0.2, -0.15) is 4.98 Å². The number of nitrogens with zero attached hydrogens (tertiary/aromatic N) is 5. The van der Waals surface area contributed by atoms with Crippen LogP contribution in [-0.4, -0.2) is 69.9 Å². The van der Waals surface area contributed by atoms with Crippen LogP contribution in [0.25, 0.3) is 0 Å². The molecule has 0 radical (unpaired) electrons. The van der Waals surface area contributed by atoms with E-state index in [0.717, 1.165) is 0 Å². The highest BCUT2D eigenvalue weighted by Gasteiger charge is 2.24. The first-order valence-corrected chi connectivity index (χ1v) is 7.96. The highest BCUT2D eigenvalue weighted by Crippen LogP contribution is 2.13. The Kier molecular flexibility index (Phi) is 5.10. The van der Waals surface area contributed by atoms with Crippen molar-refractivity contribution in [2.24, 2.45) is 0 Å². The summed E-state index contributed by atoms with van der Waals surface area (Å²) in [4.78, 5) is 24.2. The van der Waals surface area contributed by atoms with Gasteiger partial charge in [-0.3, -0.25) is 9.69 Å². The van der Waals surface area contributed by atoms with Gasteiger partial charge in [-0.1, -0.05) is 5.16 Å². The maximum Gasteiger partial charge on any atom is 0.239 e. The van der Waals surface area contributed by atoms with E-state index in [2.05, 4.69) is 20.4 Å². The molecular formula is C15H21N7O3. The minimum absolute atomic E-state index is 0.147. The molecule has 25 heavy (non-hydrogen) atoms. The molecule has 10 heteroatoms. The summed E-state index contributed by atoms with van der Waals surface area (Å²) in [7, 11) is 0. The van der Waals surface area contributed by atoms with E-state index in [9.17, 15) is 9.90 Å². The number of nitrogens with two attached hydrogens (primary N) is 1. The van der Waals surface area contributed by atoms with E-state index in [4.69, 9.17) is 10.3 Å². The summed E-state index contributed by atoms with van der Waals surface area (Å²) in [6.45, 7) is 3.82. The predicted octanol–water partition coefficient (Wildman–Crippen LogP) is -0.523. The van der Waals surface area contributed by atoms with Crippen LogP contribution in [0.2, 0.25) is 0 Å². The van der Waals surface area contributed by atoms with E-state index in [1.165, 1.54) is 0 Å². The van der Waals surface area contributed by atoms with Crippen molar-refractivity contribution >= 4 is 23.5 Å². The lowest BCUT2D eigenvalue weighted by Gasteiger charge is -2.21. The van der Waals surface area contributed by atoms with Gasteiger partial charge in [-0.05, 0) is 13.0 Å². The second kappa shape index (κ2) is 7.45. The Morgan fingerprint density at radius 2 is 2.32 bits per heavy atom. The standard InChI is InChI=1S/C15H21N7O3/c1-10-6-13(20-25-10)19-14(24)9-21-4-5-22(8-11(23)7-21)15-17-3-2-12(16)18-15/h2-3,6,11,23H,4-5,7-9H2,1H3,(H2,16,17,18)(H,19,20,24)/t11-/m1/s1. The third-order valence-electron chi connectivity index (χ3n) is 3.80. The van der Waals surface area contributed by atoms with Crippen LogP contribution < -0.4 is 16.0 Å². The predicted molar refractivity (Wildman–Crippen MR) is 91.0 cm³/mol. The van der Waals surface area contributed by atoms with Crippen LogP contribution in [0.3, 0.4) is 0 Å². The van der Waals surface area contributed by atoms with Crippen molar-refractivity contribution in [3.8, 4) is 0 Å². The number of aliphatic hydroxyl groups excluding tert-OH is 1. The molecule has 0 aromatic carbocycles. The number of aromatic nitrogens is 3. The summed E-state index contributed by atoms with van der Waals surface area (Å²) in [6, 6.07) is 3.26. The number of β-amino-alcohol motifs (C(OH)–C–C–N with tert-alkyl or cyclic N) is 1. The molecule has 1 atom stereocenters. The summed E-state index contributed by atoms with van der Waals surface area (Å²) < 4.78 is 4.92. The number of hydrogen-bond acceptors (Lipinski definition) is 9. The Bertz CT molecular complexity index is 735. The molecule has 0 bridgehead atoms. The van der Waals surface area contributed by atoms with Gasteiger partial charge in [0.1, 0.15) is 11.6 Å². The monoisotopic (exact) mass is 347 g/mol. The molecule has 3 heterocycles. The molecule has 3 rings (SSSR count). The zero-order valence-electron chi connectivity index (χ0n) is 13.9. The number of carbonyl (C=O) groups is 1. The van der Waals surface area contributed by atoms with Gasteiger partial charge in [0.2, 0.25) is 11.9 Å². The lowest BCUT2D eigenvalue weighted by molar-refractivity contribution is -0.117. The van der Waals surface area contributed by atoms with Gasteiger partial charge in [0.25, 0.3) is 0 Å². The van der Waals surface area contributed by atoms with Crippen molar-refractivity contribution in [3.63, 3.8) is 0 Å². The molecule has 0 spiro atoms. The molecule has 0 aliphatic carbocycles. The second-order valence-corrected chi connectivity index (χ2v) is 5.99. The number of carbonyl (C=O) groups excluding carboxylic acids is 1. The normalized spacial score (nSPS) is 18.8. The first-order valence-electron chi connectivity index (χ1n) is 7.96. The van der Waals surface area contributed by atoms with Crippen molar-refractivity contribution in [1.82, 2.24) is 20.0 Å². The number of hydrogen-bond donors (Lipinski definition) is 3. The van der Waals surface area contributed by atoms with Crippen LogP contribution in [0, 0.1) is 6.92 Å². The van der Waals surface area contributed by atoms with Crippen LogP contribution >= 0.6 is 0 Å². The van der Waals surface area contributed by atoms with Gasteiger partial charge in [0.05, 0.1) is 12.6 Å². The van der Waals surface area contributed by atoms with Crippen LogP contribution in [-0.2, 0) is 4.79 Å². The fourth-order valence-electron chi connectivity index (χ4n) is 2.71. The summed E-state index contributed by atoms with van der Waals surface area (Å²) in [5, 5.41) is 16.6. The van der Waals surface area contributed by atoms with Gasteiger partial charge in [0, 0.05) is 38.4 Å². The van der Waals surface area contributed by atoms with E-state index >= 15 is 0 Å². The lowest BCUT2D eigenvalue weighted by Crippen LogP contribution is -2.38. The van der Waals surface area contributed by atoms with Crippen molar-refractivity contribution in [3.05, 3.63) is 24.1 Å². The number of aryl methyl sites for hydroxylation is 1. The highest BCUT2D eigenvalue weighted by atomic mass is 16.5. The third kappa shape index (κ3) is 4.64. The number of nitrogens with one attached hydrogen (secondary N) is 1. The number of anilines is 3. The van der Waals surface area contributed by atoms with Crippen molar-refractivity contribution in [1.29, 1.82) is 0 Å². The minimum Gasteiger partial charge on any atom is -0.390 e. The van der Waals surface area contributed by atoms with E-state index in [0.29, 0.717) is 49.5 Å². The first kappa shape index (κ1) is 17.1. The largest absolute Gasteiger partial charge is 0.390 e. The summed E-state index contributed by atoms with van der Waals surface area (Å²) in [5.41, 5.74) is 5.69. The Hall–Kier alpha value is -2.72. The summed E-state index contributed by atoms with van der Waals surface area (Å²) in [6.07, 6.45) is 0.953. The van der Waals surface area contributed by atoms with Crippen LogP contribution in [0.1, 0.15) is 5.76 Å².